The number of halogens is 3. The first-order chi connectivity index (χ1) is 9.87. The van der Waals surface area contributed by atoms with Crippen LogP contribution in [0.2, 0.25) is 0 Å². The molecule has 114 valence electrons. The molecule has 0 unspecified atom stereocenters. The van der Waals surface area contributed by atoms with Crippen LogP contribution in [0.5, 0.6) is 11.5 Å². The molecule has 0 bridgehead atoms. The monoisotopic (exact) mass is 301 g/mol. The molecular weight excluding hydrogens is 287 g/mol. The molecule has 2 aromatic rings. The highest BCUT2D eigenvalue weighted by Crippen LogP contribution is 2.25. The van der Waals surface area contributed by atoms with Crippen molar-refractivity contribution in [1.82, 2.24) is 0 Å². The highest BCUT2D eigenvalue weighted by molar-refractivity contribution is 5.31. The second-order valence-corrected chi connectivity index (χ2v) is 4.33. The predicted molar refractivity (Wildman–Crippen MR) is 68.8 cm³/mol. The van der Waals surface area contributed by atoms with E-state index in [1.54, 1.807) is 0 Å². The number of ether oxygens (including phenoxy) is 2. The smallest absolute Gasteiger partial charge is 0.486 e. The third-order valence-electron chi connectivity index (χ3n) is 2.70. The van der Waals surface area contributed by atoms with Crippen molar-refractivity contribution in [3.63, 3.8) is 0 Å². The molecule has 1 aromatic heterocycles. The van der Waals surface area contributed by atoms with Gasteiger partial charge in [0.2, 0.25) is 0 Å². The molecule has 4 nitrogen and oxygen atoms in total. The summed E-state index contributed by atoms with van der Waals surface area (Å²) in [7, 11) is 0. The highest BCUT2D eigenvalue weighted by atomic mass is 19.4. The first-order valence-corrected chi connectivity index (χ1v) is 6.14. The van der Waals surface area contributed by atoms with Crippen molar-refractivity contribution in [2.24, 2.45) is 5.73 Å². The summed E-state index contributed by atoms with van der Waals surface area (Å²) >= 11 is 0. The number of hydrogen-bond donors (Lipinski definition) is 1. The van der Waals surface area contributed by atoms with Crippen molar-refractivity contribution in [3.8, 4) is 11.5 Å². The molecule has 0 aliphatic carbocycles. The number of furan rings is 1. The SMILES string of the molecule is Cc1cc(COc2ccc(OC(F)(F)F)cc2)oc1CN. The van der Waals surface area contributed by atoms with Crippen molar-refractivity contribution in [2.75, 3.05) is 0 Å². The van der Waals surface area contributed by atoms with Gasteiger partial charge in [0.1, 0.15) is 29.6 Å². The summed E-state index contributed by atoms with van der Waals surface area (Å²) in [6, 6.07) is 6.95. The minimum absolute atomic E-state index is 0.167. The van der Waals surface area contributed by atoms with Crippen LogP contribution in [0.4, 0.5) is 13.2 Å². The summed E-state index contributed by atoms with van der Waals surface area (Å²) in [6.45, 7) is 2.34. The molecule has 0 spiro atoms. The molecular formula is C14H14F3NO3. The first-order valence-electron chi connectivity index (χ1n) is 6.14. The molecule has 1 heterocycles. The summed E-state index contributed by atoms with van der Waals surface area (Å²) in [4.78, 5) is 0. The number of hydrogen-bond acceptors (Lipinski definition) is 4. The minimum atomic E-state index is -4.70. The van der Waals surface area contributed by atoms with E-state index < -0.39 is 6.36 Å². The van der Waals surface area contributed by atoms with Gasteiger partial charge in [-0.05, 0) is 42.8 Å². The van der Waals surface area contributed by atoms with Gasteiger partial charge in [-0.3, -0.25) is 0 Å². The fraction of sp³-hybridized carbons (Fsp3) is 0.286. The van der Waals surface area contributed by atoms with Crippen LogP contribution in [-0.2, 0) is 13.2 Å². The molecule has 7 heteroatoms. The second kappa shape index (κ2) is 6.09. The van der Waals surface area contributed by atoms with Crippen LogP contribution < -0.4 is 15.2 Å². The lowest BCUT2D eigenvalue weighted by atomic mass is 10.2. The van der Waals surface area contributed by atoms with Gasteiger partial charge in [0, 0.05) is 0 Å². The minimum Gasteiger partial charge on any atom is -0.486 e. The van der Waals surface area contributed by atoms with E-state index in [0.29, 0.717) is 23.8 Å². The molecule has 2 N–H and O–H groups in total. The standard InChI is InChI=1S/C14H14F3NO3/c1-9-6-12(20-13(9)7-18)8-19-10-2-4-11(5-3-10)21-14(15,16)17/h2-6H,7-8,18H2,1H3. The van der Waals surface area contributed by atoms with Crippen molar-refractivity contribution < 1.29 is 27.1 Å². The van der Waals surface area contributed by atoms with E-state index in [1.165, 1.54) is 24.3 Å². The van der Waals surface area contributed by atoms with Gasteiger partial charge in [-0.1, -0.05) is 0 Å². The van der Waals surface area contributed by atoms with Crippen molar-refractivity contribution in [3.05, 3.63) is 47.4 Å². The largest absolute Gasteiger partial charge is 0.573 e. The van der Waals surface area contributed by atoms with Crippen LogP contribution in [-0.4, -0.2) is 6.36 Å². The molecule has 1 aromatic carbocycles. The molecule has 0 fully saturated rings. The zero-order valence-electron chi connectivity index (χ0n) is 11.2. The average molecular weight is 301 g/mol. The molecule has 0 amide bonds. The number of alkyl halides is 3. The first kappa shape index (κ1) is 15.2. The van der Waals surface area contributed by atoms with Crippen LogP contribution in [0.25, 0.3) is 0 Å². The van der Waals surface area contributed by atoms with Gasteiger partial charge in [-0.25, -0.2) is 0 Å². The predicted octanol–water partition coefficient (Wildman–Crippen LogP) is 3.52. The Morgan fingerprint density at radius 1 is 1.14 bits per heavy atom. The molecule has 21 heavy (non-hydrogen) atoms. The van der Waals surface area contributed by atoms with Crippen molar-refractivity contribution in [2.45, 2.75) is 26.4 Å². The Bertz CT molecular complexity index is 591. The Labute approximate surface area is 119 Å². The molecule has 0 aliphatic rings. The summed E-state index contributed by atoms with van der Waals surface area (Å²) in [5.74, 6) is 1.40. The quantitative estimate of drug-likeness (QED) is 0.918. The topological polar surface area (TPSA) is 57.6 Å². The van der Waals surface area contributed by atoms with E-state index in [-0.39, 0.29) is 12.4 Å². The van der Waals surface area contributed by atoms with Crippen LogP contribution >= 0.6 is 0 Å². The van der Waals surface area contributed by atoms with Crippen LogP contribution in [0.15, 0.2) is 34.7 Å². The fourth-order valence-electron chi connectivity index (χ4n) is 1.76. The lowest BCUT2D eigenvalue weighted by Crippen LogP contribution is -2.16. The number of nitrogens with two attached hydrogens (primary N) is 1. The Hall–Kier alpha value is -2.15. The van der Waals surface area contributed by atoms with Gasteiger partial charge in [0.25, 0.3) is 0 Å². The molecule has 0 saturated carbocycles. The maximum atomic E-state index is 12.0. The maximum Gasteiger partial charge on any atom is 0.573 e. The van der Waals surface area contributed by atoms with E-state index in [2.05, 4.69) is 4.74 Å². The third-order valence-corrected chi connectivity index (χ3v) is 2.70. The van der Waals surface area contributed by atoms with Crippen molar-refractivity contribution >= 4 is 0 Å². The zero-order valence-corrected chi connectivity index (χ0v) is 11.2. The molecule has 0 atom stereocenters. The summed E-state index contributed by atoms with van der Waals surface area (Å²) in [5.41, 5.74) is 6.43. The summed E-state index contributed by atoms with van der Waals surface area (Å²) in [5, 5.41) is 0. The lowest BCUT2D eigenvalue weighted by molar-refractivity contribution is -0.274. The van der Waals surface area contributed by atoms with Gasteiger partial charge in [-0.2, -0.15) is 0 Å². The fourth-order valence-corrected chi connectivity index (χ4v) is 1.76. The highest BCUT2D eigenvalue weighted by Gasteiger charge is 2.30. The second-order valence-electron chi connectivity index (χ2n) is 4.33. The van der Waals surface area contributed by atoms with Crippen LogP contribution in [0, 0.1) is 6.92 Å². The Morgan fingerprint density at radius 2 is 1.76 bits per heavy atom. The van der Waals surface area contributed by atoms with Gasteiger partial charge >= 0.3 is 6.36 Å². The van der Waals surface area contributed by atoms with Gasteiger partial charge < -0.3 is 19.6 Å². The number of benzene rings is 1. The van der Waals surface area contributed by atoms with Gasteiger partial charge in [0.15, 0.2) is 0 Å². The van der Waals surface area contributed by atoms with Crippen LogP contribution in [0.1, 0.15) is 17.1 Å². The number of rotatable bonds is 5. The van der Waals surface area contributed by atoms with Gasteiger partial charge in [0.05, 0.1) is 6.54 Å². The van der Waals surface area contributed by atoms with E-state index in [4.69, 9.17) is 14.9 Å². The molecule has 0 radical (unpaired) electrons. The molecule has 0 aliphatic heterocycles. The van der Waals surface area contributed by atoms with E-state index in [9.17, 15) is 13.2 Å². The van der Waals surface area contributed by atoms with Crippen LogP contribution in [0.3, 0.4) is 0 Å². The summed E-state index contributed by atoms with van der Waals surface area (Å²) in [6.07, 6.45) is -4.70. The summed E-state index contributed by atoms with van der Waals surface area (Å²) < 4.78 is 50.7. The molecule has 0 saturated heterocycles. The van der Waals surface area contributed by atoms with Crippen molar-refractivity contribution in [1.29, 1.82) is 0 Å². The maximum absolute atomic E-state index is 12.0. The van der Waals surface area contributed by atoms with E-state index in [1.807, 2.05) is 13.0 Å². The average Bonchev–Trinajstić information content (AvgIpc) is 2.77. The van der Waals surface area contributed by atoms with E-state index >= 15 is 0 Å². The Morgan fingerprint density at radius 3 is 2.29 bits per heavy atom. The third kappa shape index (κ3) is 4.42. The van der Waals surface area contributed by atoms with Gasteiger partial charge in [-0.15, -0.1) is 13.2 Å². The normalized spacial score (nSPS) is 11.5. The Balaban J connectivity index is 1.94. The Kier molecular flexibility index (Phi) is 4.42. The van der Waals surface area contributed by atoms with E-state index in [0.717, 1.165) is 5.56 Å². The molecule has 2 rings (SSSR count). The number of aryl methyl sites for hydroxylation is 1. The zero-order chi connectivity index (χ0) is 15.5. The lowest BCUT2D eigenvalue weighted by Gasteiger charge is -2.09.